The van der Waals surface area contributed by atoms with Gasteiger partial charge in [-0.05, 0) is 11.5 Å². The van der Waals surface area contributed by atoms with Crippen molar-refractivity contribution in [1.82, 2.24) is 15.6 Å². The Balaban J connectivity index is 1.92. The molecule has 2 N–H and O–H groups in total. The summed E-state index contributed by atoms with van der Waals surface area (Å²) in [7, 11) is 1.63. The van der Waals surface area contributed by atoms with Crippen molar-refractivity contribution in [3.05, 3.63) is 52.0 Å². The van der Waals surface area contributed by atoms with Crippen molar-refractivity contribution >= 4 is 17.3 Å². The molecule has 8 heteroatoms. The van der Waals surface area contributed by atoms with Crippen LogP contribution in [0, 0.1) is 5.92 Å². The fraction of sp³-hybridized carbons (Fsp3) is 0.444. The summed E-state index contributed by atoms with van der Waals surface area (Å²) in [5, 5.41) is 7.66. The second-order valence-electron chi connectivity index (χ2n) is 6.19. The third-order valence-corrected chi connectivity index (χ3v) is 4.84. The van der Waals surface area contributed by atoms with Gasteiger partial charge in [-0.15, -0.1) is 11.3 Å². The van der Waals surface area contributed by atoms with Gasteiger partial charge in [0.2, 0.25) is 0 Å². The van der Waals surface area contributed by atoms with Crippen LogP contribution in [0.15, 0.2) is 40.7 Å². The van der Waals surface area contributed by atoms with E-state index in [0.29, 0.717) is 29.3 Å². The second-order valence-corrected chi connectivity index (χ2v) is 7.13. The van der Waals surface area contributed by atoms with Gasteiger partial charge in [0.05, 0.1) is 6.54 Å². The molecule has 0 aliphatic heterocycles. The molecule has 0 spiro atoms. The van der Waals surface area contributed by atoms with E-state index in [1.165, 1.54) is 5.56 Å². The Kier molecular flexibility index (Phi) is 7.02. The molecule has 142 valence electrons. The van der Waals surface area contributed by atoms with E-state index in [2.05, 4.69) is 46.6 Å². The number of hydrogen-bond donors (Lipinski definition) is 2. The first-order valence-electron chi connectivity index (χ1n) is 8.32. The predicted molar refractivity (Wildman–Crippen MR) is 99.3 cm³/mol. The summed E-state index contributed by atoms with van der Waals surface area (Å²) >= 11 is 0.979. The van der Waals surface area contributed by atoms with E-state index in [1.54, 1.807) is 7.05 Å². The van der Waals surface area contributed by atoms with E-state index >= 15 is 0 Å². The van der Waals surface area contributed by atoms with E-state index in [0.717, 1.165) is 16.7 Å². The number of alkyl halides is 3. The van der Waals surface area contributed by atoms with Gasteiger partial charge in [-0.3, -0.25) is 4.99 Å². The molecule has 0 amide bonds. The number of rotatable bonds is 6. The maximum Gasteiger partial charge on any atom is 0.434 e. The highest BCUT2D eigenvalue weighted by molar-refractivity contribution is 7.09. The van der Waals surface area contributed by atoms with Gasteiger partial charge in [-0.2, -0.15) is 13.2 Å². The maximum atomic E-state index is 12.6. The first-order valence-corrected chi connectivity index (χ1v) is 9.20. The highest BCUT2D eigenvalue weighted by atomic mass is 32.1. The zero-order chi connectivity index (χ0) is 19.2. The lowest BCUT2D eigenvalue weighted by atomic mass is 9.88. The minimum Gasteiger partial charge on any atom is -0.356 e. The van der Waals surface area contributed by atoms with Crippen LogP contribution in [-0.2, 0) is 12.7 Å². The quantitative estimate of drug-likeness (QED) is 0.578. The Hall–Kier alpha value is -2.09. The lowest BCUT2D eigenvalue weighted by molar-refractivity contribution is -0.140. The summed E-state index contributed by atoms with van der Waals surface area (Å²) in [6.45, 7) is 5.18. The topological polar surface area (TPSA) is 49.3 Å². The summed E-state index contributed by atoms with van der Waals surface area (Å²) in [5.74, 6) is 1.26. The van der Waals surface area contributed by atoms with Crippen molar-refractivity contribution in [2.75, 3.05) is 13.6 Å². The molecule has 1 aromatic carbocycles. The van der Waals surface area contributed by atoms with Gasteiger partial charge in [0.15, 0.2) is 11.7 Å². The normalized spacial score (nSPS) is 13.7. The predicted octanol–water partition coefficient (Wildman–Crippen LogP) is 4.27. The molecule has 1 unspecified atom stereocenters. The molecule has 1 heterocycles. The lowest BCUT2D eigenvalue weighted by Crippen LogP contribution is -2.39. The lowest BCUT2D eigenvalue weighted by Gasteiger charge is -2.23. The summed E-state index contributed by atoms with van der Waals surface area (Å²) in [6.07, 6.45) is -4.41. The minimum atomic E-state index is -4.41. The first kappa shape index (κ1) is 20.2. The Labute approximate surface area is 155 Å². The van der Waals surface area contributed by atoms with Gasteiger partial charge in [0, 0.05) is 24.9 Å². The van der Waals surface area contributed by atoms with Crippen LogP contribution in [0.5, 0.6) is 0 Å². The smallest absolute Gasteiger partial charge is 0.356 e. The SMILES string of the molecule is CN=C(NCc1nc(C(F)(F)F)cs1)NCC(c1ccccc1)C(C)C. The molecular weight excluding hydrogens is 361 g/mol. The standard InChI is InChI=1S/C18H23F3N4S/c1-12(2)14(13-7-5-4-6-8-13)9-23-17(22-3)24-10-16-25-15(11-26-16)18(19,20)21/h4-8,11-12,14H,9-10H2,1-3H3,(H2,22,23,24). The molecule has 0 radical (unpaired) electrons. The zero-order valence-electron chi connectivity index (χ0n) is 15.0. The van der Waals surface area contributed by atoms with Crippen LogP contribution in [0.1, 0.15) is 36.0 Å². The molecule has 4 nitrogen and oxygen atoms in total. The Morgan fingerprint density at radius 3 is 2.42 bits per heavy atom. The number of nitrogens with zero attached hydrogens (tertiary/aromatic N) is 2. The number of nitrogens with one attached hydrogen (secondary N) is 2. The largest absolute Gasteiger partial charge is 0.434 e. The Morgan fingerprint density at radius 2 is 1.88 bits per heavy atom. The summed E-state index contributed by atoms with van der Waals surface area (Å²) in [4.78, 5) is 7.74. The minimum absolute atomic E-state index is 0.193. The van der Waals surface area contributed by atoms with Crippen LogP contribution in [0.25, 0.3) is 0 Å². The second kappa shape index (κ2) is 9.02. The molecule has 2 aromatic rings. The molecule has 0 aliphatic carbocycles. The third kappa shape index (κ3) is 5.72. The number of benzene rings is 1. The highest BCUT2D eigenvalue weighted by Gasteiger charge is 2.33. The van der Waals surface area contributed by atoms with Gasteiger partial charge in [-0.1, -0.05) is 44.2 Å². The fourth-order valence-corrected chi connectivity index (χ4v) is 3.29. The molecule has 0 aliphatic rings. The average molecular weight is 384 g/mol. The van der Waals surface area contributed by atoms with E-state index in [-0.39, 0.29) is 6.54 Å². The molecule has 0 fully saturated rings. The van der Waals surface area contributed by atoms with Crippen LogP contribution in [0.2, 0.25) is 0 Å². The molecule has 0 bridgehead atoms. The van der Waals surface area contributed by atoms with Gasteiger partial charge in [0.25, 0.3) is 0 Å². The number of thiazole rings is 1. The summed E-state index contributed by atoms with van der Waals surface area (Å²) < 4.78 is 37.8. The van der Waals surface area contributed by atoms with E-state index < -0.39 is 11.9 Å². The number of aromatic nitrogens is 1. The molecule has 26 heavy (non-hydrogen) atoms. The fourth-order valence-electron chi connectivity index (χ4n) is 2.55. The van der Waals surface area contributed by atoms with Crippen molar-refractivity contribution < 1.29 is 13.2 Å². The number of guanidine groups is 1. The molecule has 1 aromatic heterocycles. The van der Waals surface area contributed by atoms with Crippen molar-refractivity contribution in [2.45, 2.75) is 32.5 Å². The molecule has 0 saturated carbocycles. The highest BCUT2D eigenvalue weighted by Crippen LogP contribution is 2.30. The van der Waals surface area contributed by atoms with Crippen molar-refractivity contribution in [1.29, 1.82) is 0 Å². The van der Waals surface area contributed by atoms with Gasteiger partial charge < -0.3 is 10.6 Å². The van der Waals surface area contributed by atoms with E-state index in [9.17, 15) is 13.2 Å². The Bertz CT molecular complexity index is 711. The number of aliphatic imine (C=N–C) groups is 1. The summed E-state index contributed by atoms with van der Waals surface area (Å²) in [6, 6.07) is 10.2. The number of halogens is 3. The third-order valence-electron chi connectivity index (χ3n) is 3.99. The van der Waals surface area contributed by atoms with E-state index in [1.807, 2.05) is 18.2 Å². The van der Waals surface area contributed by atoms with Crippen molar-refractivity contribution in [3.8, 4) is 0 Å². The molecule has 1 atom stereocenters. The number of hydrogen-bond acceptors (Lipinski definition) is 3. The van der Waals surface area contributed by atoms with Crippen LogP contribution >= 0.6 is 11.3 Å². The average Bonchev–Trinajstić information content (AvgIpc) is 3.08. The first-order chi connectivity index (χ1) is 12.3. The van der Waals surface area contributed by atoms with Gasteiger partial charge in [0.1, 0.15) is 5.01 Å². The molecule has 2 rings (SSSR count). The van der Waals surface area contributed by atoms with Gasteiger partial charge in [-0.25, -0.2) is 4.98 Å². The monoisotopic (exact) mass is 384 g/mol. The van der Waals surface area contributed by atoms with E-state index in [4.69, 9.17) is 0 Å². The van der Waals surface area contributed by atoms with Crippen LogP contribution in [0.4, 0.5) is 13.2 Å². The maximum absolute atomic E-state index is 12.6. The van der Waals surface area contributed by atoms with Crippen LogP contribution in [-0.4, -0.2) is 24.5 Å². The van der Waals surface area contributed by atoms with Crippen molar-refractivity contribution in [2.24, 2.45) is 10.9 Å². The van der Waals surface area contributed by atoms with Crippen LogP contribution < -0.4 is 10.6 Å². The molecule has 0 saturated heterocycles. The Morgan fingerprint density at radius 1 is 1.19 bits per heavy atom. The zero-order valence-corrected chi connectivity index (χ0v) is 15.8. The summed E-state index contributed by atoms with van der Waals surface area (Å²) in [5.41, 5.74) is 0.381. The van der Waals surface area contributed by atoms with Crippen molar-refractivity contribution in [3.63, 3.8) is 0 Å². The van der Waals surface area contributed by atoms with Gasteiger partial charge >= 0.3 is 6.18 Å². The molecular formula is C18H23F3N4S. The van der Waals surface area contributed by atoms with Crippen LogP contribution in [0.3, 0.4) is 0 Å².